The zero-order valence-corrected chi connectivity index (χ0v) is 31.9. The monoisotopic (exact) mass is 743 g/mol. The number of aldehydes is 1. The number of likely N-dealkylation sites (N-methyl/N-ethyl adjacent to an activating group) is 1. The van der Waals surface area contributed by atoms with Gasteiger partial charge >= 0.3 is 11.9 Å². The van der Waals surface area contributed by atoms with Crippen LogP contribution in [0.25, 0.3) is 0 Å². The molecule has 0 saturated carbocycles. The topological polar surface area (TPSA) is 200 Å². The predicted molar refractivity (Wildman–Crippen MR) is 187 cm³/mol. The van der Waals surface area contributed by atoms with Crippen LogP contribution in [-0.2, 0) is 47.5 Å². The SMILES string of the molecule is COC1[C@@H](O[C@@H]2O[C@H](C)[C@@H](O[C@H]3C[C@@](C)(O)[C@@H](O)[C@H](C)O3)[C@H](N(C)C)[C@H]2O)[C@@H](CC=O)C[C@@H](C)[C@@H](O)/C=C/C=C/C[C@@H](C)OC(=O)C[C@H]1OC(C)=O. The first-order valence-corrected chi connectivity index (χ1v) is 18.1. The molecule has 52 heavy (non-hydrogen) atoms. The minimum Gasteiger partial charge on any atom is -0.462 e. The number of aliphatic hydroxyl groups is 4. The van der Waals surface area contributed by atoms with Gasteiger partial charge in [0.25, 0.3) is 0 Å². The average molecular weight is 744 g/mol. The van der Waals surface area contributed by atoms with Crippen LogP contribution in [-0.4, -0.2) is 150 Å². The first kappa shape index (κ1) is 44.1. The molecular weight excluding hydrogens is 682 g/mol. The minimum absolute atomic E-state index is 0.0306. The Morgan fingerprint density at radius 1 is 1.04 bits per heavy atom. The van der Waals surface area contributed by atoms with Crippen LogP contribution in [0.1, 0.15) is 73.6 Å². The largest absolute Gasteiger partial charge is 0.462 e. The van der Waals surface area contributed by atoms with Gasteiger partial charge in [-0.3, -0.25) is 9.59 Å². The molecule has 3 heterocycles. The number of allylic oxidation sites excluding steroid dienone is 2. The second-order valence-corrected chi connectivity index (χ2v) is 14.9. The number of ether oxygens (including phenoxy) is 7. The number of nitrogens with zero attached hydrogens (tertiary/aromatic N) is 1. The number of methoxy groups -OCH3 is 1. The lowest BCUT2D eigenvalue weighted by Gasteiger charge is -2.50. The maximum Gasteiger partial charge on any atom is 0.309 e. The number of hydrogen-bond donors (Lipinski definition) is 4. The molecule has 0 aromatic carbocycles. The van der Waals surface area contributed by atoms with Crippen LogP contribution in [0.4, 0.5) is 0 Å². The molecule has 298 valence electrons. The van der Waals surface area contributed by atoms with Crippen molar-refractivity contribution in [2.24, 2.45) is 11.8 Å². The van der Waals surface area contributed by atoms with E-state index in [1.54, 1.807) is 58.0 Å². The van der Waals surface area contributed by atoms with Gasteiger partial charge in [-0.2, -0.15) is 0 Å². The van der Waals surface area contributed by atoms with Crippen molar-refractivity contribution in [3.63, 3.8) is 0 Å². The molecule has 3 aliphatic rings. The van der Waals surface area contributed by atoms with E-state index in [1.807, 2.05) is 13.0 Å². The number of hydrogen-bond acceptors (Lipinski definition) is 15. The number of aliphatic hydroxyl groups excluding tert-OH is 3. The highest BCUT2D eigenvalue weighted by molar-refractivity contribution is 5.72. The van der Waals surface area contributed by atoms with Gasteiger partial charge in [-0.1, -0.05) is 31.2 Å². The average Bonchev–Trinajstić information content (AvgIpc) is 3.03. The normalized spacial score (nSPS) is 44.0. The van der Waals surface area contributed by atoms with Crippen LogP contribution < -0.4 is 0 Å². The molecule has 0 bridgehead atoms. The molecule has 15 heteroatoms. The van der Waals surface area contributed by atoms with E-state index >= 15 is 0 Å². The lowest BCUT2D eigenvalue weighted by Crippen LogP contribution is -2.65. The molecule has 2 saturated heterocycles. The summed E-state index contributed by atoms with van der Waals surface area (Å²) < 4.78 is 42.3. The van der Waals surface area contributed by atoms with Crippen LogP contribution in [0.2, 0.25) is 0 Å². The summed E-state index contributed by atoms with van der Waals surface area (Å²) in [7, 11) is 4.86. The van der Waals surface area contributed by atoms with Gasteiger partial charge in [0, 0.05) is 33.3 Å². The van der Waals surface area contributed by atoms with Gasteiger partial charge in [0.1, 0.15) is 42.9 Å². The standard InChI is InChI=1S/C37H61NO14/c1-20-17-25(15-16-39)33(34(46-9)27(50-24(5)40)18-28(42)47-21(2)13-11-10-12-14-26(20)41)52-36-31(43)30(38(7)8)32(22(3)49-36)51-29-19-37(6,45)35(44)23(4)48-29/h10-12,14,16,20-23,25-27,29-36,41,43-45H,13,15,17-19H2,1-9H3/b11-10+,14-12+/t20-,21-,22-,23+,25+,26+,27-,29+,30-,31-,32-,33+,34?,35+,36+,37-/m1/s1. The first-order chi connectivity index (χ1) is 24.4. The Balaban J connectivity index is 2.03. The fraction of sp³-hybridized carbons (Fsp3) is 0.811. The Morgan fingerprint density at radius 2 is 1.73 bits per heavy atom. The highest BCUT2D eigenvalue weighted by Crippen LogP contribution is 2.37. The second-order valence-electron chi connectivity index (χ2n) is 14.9. The lowest BCUT2D eigenvalue weighted by atomic mass is 9.82. The minimum atomic E-state index is -1.48. The van der Waals surface area contributed by atoms with E-state index in [4.69, 9.17) is 33.2 Å². The van der Waals surface area contributed by atoms with Crippen LogP contribution in [0.5, 0.6) is 0 Å². The summed E-state index contributed by atoms with van der Waals surface area (Å²) in [4.78, 5) is 39.5. The summed E-state index contributed by atoms with van der Waals surface area (Å²) in [5.41, 5.74) is -1.48. The fourth-order valence-corrected chi connectivity index (χ4v) is 7.34. The second kappa shape index (κ2) is 19.9. The van der Waals surface area contributed by atoms with Gasteiger partial charge < -0.3 is 63.3 Å². The van der Waals surface area contributed by atoms with Crippen molar-refractivity contribution in [2.45, 2.75) is 159 Å². The Labute approximate surface area is 307 Å². The van der Waals surface area contributed by atoms with Crippen molar-refractivity contribution in [3.8, 4) is 0 Å². The molecule has 3 rings (SSSR count). The summed E-state index contributed by atoms with van der Waals surface area (Å²) >= 11 is 0. The van der Waals surface area contributed by atoms with Gasteiger partial charge in [-0.15, -0.1) is 0 Å². The van der Waals surface area contributed by atoms with Crippen molar-refractivity contribution in [3.05, 3.63) is 24.3 Å². The van der Waals surface area contributed by atoms with E-state index in [2.05, 4.69) is 0 Å². The third kappa shape index (κ3) is 11.8. The molecule has 0 amide bonds. The van der Waals surface area contributed by atoms with Crippen LogP contribution in [0.15, 0.2) is 24.3 Å². The van der Waals surface area contributed by atoms with Crippen molar-refractivity contribution in [1.29, 1.82) is 0 Å². The highest BCUT2D eigenvalue weighted by Gasteiger charge is 2.52. The molecule has 0 aliphatic carbocycles. The highest BCUT2D eigenvalue weighted by atomic mass is 16.7. The number of rotatable bonds is 9. The van der Waals surface area contributed by atoms with Gasteiger partial charge in [0.2, 0.25) is 0 Å². The Bertz CT molecular complexity index is 1210. The summed E-state index contributed by atoms with van der Waals surface area (Å²) in [6.45, 7) is 9.61. The smallest absolute Gasteiger partial charge is 0.309 e. The Hall–Kier alpha value is -2.31. The van der Waals surface area contributed by atoms with Gasteiger partial charge in [-0.25, -0.2) is 0 Å². The Morgan fingerprint density at radius 3 is 2.33 bits per heavy atom. The summed E-state index contributed by atoms with van der Waals surface area (Å²) in [6, 6.07) is -0.749. The summed E-state index contributed by atoms with van der Waals surface area (Å²) in [5, 5.41) is 44.1. The van der Waals surface area contributed by atoms with Crippen molar-refractivity contribution >= 4 is 18.2 Å². The van der Waals surface area contributed by atoms with E-state index in [1.165, 1.54) is 21.0 Å². The zero-order valence-electron chi connectivity index (χ0n) is 31.9. The van der Waals surface area contributed by atoms with Gasteiger partial charge in [0.05, 0.1) is 42.5 Å². The zero-order chi connectivity index (χ0) is 38.9. The van der Waals surface area contributed by atoms with E-state index in [0.717, 1.165) is 0 Å². The van der Waals surface area contributed by atoms with Crippen molar-refractivity contribution in [2.75, 3.05) is 21.2 Å². The molecule has 16 atom stereocenters. The Kier molecular flexibility index (Phi) is 16.8. The number of carbonyl (C=O) groups is 3. The lowest BCUT2D eigenvalue weighted by molar-refractivity contribution is -0.344. The molecule has 3 aliphatic heterocycles. The number of esters is 2. The molecular formula is C37H61NO14. The summed E-state index contributed by atoms with van der Waals surface area (Å²) in [6.07, 6.45) is -4.17. The van der Waals surface area contributed by atoms with Crippen molar-refractivity contribution < 1.29 is 68.0 Å². The van der Waals surface area contributed by atoms with E-state index in [-0.39, 0.29) is 25.2 Å². The van der Waals surface area contributed by atoms with Gasteiger partial charge in [0.15, 0.2) is 12.6 Å². The maximum absolute atomic E-state index is 13.2. The quantitative estimate of drug-likeness (QED) is 0.195. The van der Waals surface area contributed by atoms with Crippen LogP contribution in [0.3, 0.4) is 0 Å². The van der Waals surface area contributed by atoms with Crippen LogP contribution >= 0.6 is 0 Å². The molecule has 4 N–H and O–H groups in total. The third-order valence-corrected chi connectivity index (χ3v) is 10.1. The number of carbonyl (C=O) groups excluding carboxylic acids is 3. The molecule has 0 aromatic heterocycles. The molecule has 2 fully saturated rings. The molecule has 15 nitrogen and oxygen atoms in total. The fourth-order valence-electron chi connectivity index (χ4n) is 7.34. The van der Waals surface area contributed by atoms with Gasteiger partial charge in [-0.05, 0) is 60.0 Å². The van der Waals surface area contributed by atoms with Crippen LogP contribution in [0, 0.1) is 11.8 Å². The molecule has 0 radical (unpaired) electrons. The number of cyclic esters (lactones) is 1. The van der Waals surface area contributed by atoms with Crippen molar-refractivity contribution in [1.82, 2.24) is 4.90 Å². The van der Waals surface area contributed by atoms with E-state index in [9.17, 15) is 34.8 Å². The molecule has 0 aromatic rings. The van der Waals surface area contributed by atoms with E-state index in [0.29, 0.717) is 12.7 Å². The van der Waals surface area contributed by atoms with E-state index < -0.39 is 110 Å². The molecule has 0 spiro atoms. The maximum atomic E-state index is 13.2. The predicted octanol–water partition coefficient (Wildman–Crippen LogP) is 1.42. The first-order valence-electron chi connectivity index (χ1n) is 18.1. The third-order valence-electron chi connectivity index (χ3n) is 10.1. The summed E-state index contributed by atoms with van der Waals surface area (Å²) in [5.74, 6) is -2.40. The molecule has 1 unspecified atom stereocenters.